The third kappa shape index (κ3) is 2.21. The molecule has 16 heavy (non-hydrogen) atoms. The molecule has 0 radical (unpaired) electrons. The van der Waals surface area contributed by atoms with Crippen LogP contribution in [0.15, 0.2) is 34.7 Å². The fourth-order valence-electron chi connectivity index (χ4n) is 1.79. The van der Waals surface area contributed by atoms with E-state index in [0.29, 0.717) is 11.1 Å². The third-order valence-corrected chi connectivity index (χ3v) is 2.30. The first-order valence-electron chi connectivity index (χ1n) is 4.94. The van der Waals surface area contributed by atoms with Gasteiger partial charge in [0.15, 0.2) is 6.29 Å². The predicted molar refractivity (Wildman–Crippen MR) is 62.7 cm³/mol. The van der Waals surface area contributed by atoms with Gasteiger partial charge < -0.3 is 9.80 Å². The number of allylic oxidation sites excluding steroid dienone is 5. The van der Waals surface area contributed by atoms with E-state index in [1.165, 1.54) is 0 Å². The van der Waals surface area contributed by atoms with Crippen LogP contribution < -0.4 is 0 Å². The summed E-state index contributed by atoms with van der Waals surface area (Å²) >= 11 is 0. The van der Waals surface area contributed by atoms with Gasteiger partial charge in [-0.25, -0.2) is 0 Å². The minimum absolute atomic E-state index is 0.526. The predicted octanol–water partition coefficient (Wildman–Crippen LogP) is 0.585. The van der Waals surface area contributed by atoms with Crippen molar-refractivity contribution in [3.8, 4) is 0 Å². The van der Waals surface area contributed by atoms with Gasteiger partial charge in [-0.3, -0.25) is 9.59 Å². The third-order valence-electron chi connectivity index (χ3n) is 2.30. The molecule has 0 N–H and O–H groups in total. The molecule has 0 heterocycles. The van der Waals surface area contributed by atoms with Gasteiger partial charge in [0.25, 0.3) is 0 Å². The Morgan fingerprint density at radius 2 is 1.56 bits per heavy atom. The summed E-state index contributed by atoms with van der Waals surface area (Å²) in [6, 6.07) is 0. The van der Waals surface area contributed by atoms with E-state index in [2.05, 4.69) is 0 Å². The van der Waals surface area contributed by atoms with Crippen molar-refractivity contribution in [1.82, 2.24) is 9.80 Å². The number of rotatable bonds is 4. The van der Waals surface area contributed by atoms with Crippen LogP contribution in [0.25, 0.3) is 0 Å². The van der Waals surface area contributed by atoms with Gasteiger partial charge in [-0.2, -0.15) is 0 Å². The summed E-state index contributed by atoms with van der Waals surface area (Å²) in [5.74, 6) is 0.898. The van der Waals surface area contributed by atoms with Crippen LogP contribution in [0, 0.1) is 0 Å². The van der Waals surface area contributed by atoms with Crippen molar-refractivity contribution in [2.45, 2.75) is 0 Å². The Morgan fingerprint density at radius 1 is 1.00 bits per heavy atom. The van der Waals surface area contributed by atoms with Gasteiger partial charge in [-0.15, -0.1) is 0 Å². The van der Waals surface area contributed by atoms with Gasteiger partial charge >= 0.3 is 0 Å². The van der Waals surface area contributed by atoms with Gasteiger partial charge in [0.05, 0.1) is 0 Å². The minimum atomic E-state index is 0.526. The molecule has 1 aliphatic rings. The van der Waals surface area contributed by atoms with Crippen LogP contribution in [-0.4, -0.2) is 50.6 Å². The zero-order chi connectivity index (χ0) is 12.3. The summed E-state index contributed by atoms with van der Waals surface area (Å²) < 4.78 is 0. The molecule has 0 amide bonds. The van der Waals surface area contributed by atoms with Crippen molar-refractivity contribution < 1.29 is 9.59 Å². The number of aldehydes is 2. The van der Waals surface area contributed by atoms with Gasteiger partial charge in [-0.05, 0) is 12.2 Å². The molecule has 0 aromatic rings. The first kappa shape index (κ1) is 12.2. The van der Waals surface area contributed by atoms with E-state index in [1.807, 2.05) is 38.0 Å². The van der Waals surface area contributed by atoms with Crippen LogP contribution >= 0.6 is 0 Å². The lowest BCUT2D eigenvalue weighted by atomic mass is 10.1. The number of carbonyl (C=O) groups is 2. The monoisotopic (exact) mass is 220 g/mol. The van der Waals surface area contributed by atoms with E-state index >= 15 is 0 Å². The molecule has 0 unspecified atom stereocenters. The van der Waals surface area contributed by atoms with Crippen LogP contribution in [0.2, 0.25) is 0 Å². The molecule has 0 saturated carbocycles. The molecule has 0 aliphatic heterocycles. The maximum Gasteiger partial charge on any atom is 0.150 e. The molecule has 0 atom stereocenters. The van der Waals surface area contributed by atoms with Crippen LogP contribution in [0.1, 0.15) is 0 Å². The molecular weight excluding hydrogens is 204 g/mol. The van der Waals surface area contributed by atoms with Crippen LogP contribution in [0.4, 0.5) is 0 Å². The number of nitrogens with zero attached hydrogens (tertiary/aromatic N) is 2. The van der Waals surface area contributed by atoms with Crippen molar-refractivity contribution in [1.29, 1.82) is 0 Å². The van der Waals surface area contributed by atoms with Crippen LogP contribution in [-0.2, 0) is 9.59 Å². The Hall–Kier alpha value is -1.84. The summed E-state index contributed by atoms with van der Waals surface area (Å²) in [4.78, 5) is 25.5. The first-order valence-corrected chi connectivity index (χ1v) is 4.94. The lowest BCUT2D eigenvalue weighted by Crippen LogP contribution is -2.26. The van der Waals surface area contributed by atoms with Gasteiger partial charge in [0, 0.05) is 44.9 Å². The van der Waals surface area contributed by atoms with Gasteiger partial charge in [-0.1, -0.05) is 0 Å². The van der Waals surface area contributed by atoms with E-state index in [4.69, 9.17) is 0 Å². The lowest BCUT2D eigenvalue weighted by Gasteiger charge is -2.26. The fourth-order valence-corrected chi connectivity index (χ4v) is 1.79. The molecule has 1 rings (SSSR count). The highest BCUT2D eigenvalue weighted by molar-refractivity contribution is 5.93. The molecule has 0 bridgehead atoms. The molecule has 0 aromatic carbocycles. The summed E-state index contributed by atoms with van der Waals surface area (Å²) in [5, 5.41) is 0. The van der Waals surface area contributed by atoms with Crippen molar-refractivity contribution in [2.24, 2.45) is 0 Å². The molecule has 0 spiro atoms. The highest BCUT2D eigenvalue weighted by Crippen LogP contribution is 2.26. The quantitative estimate of drug-likeness (QED) is 0.650. The molecule has 0 saturated heterocycles. The fraction of sp³-hybridized carbons (Fsp3) is 0.333. The molecule has 86 valence electrons. The molecule has 0 fully saturated rings. The van der Waals surface area contributed by atoms with Crippen molar-refractivity contribution in [2.75, 3.05) is 28.2 Å². The maximum absolute atomic E-state index is 10.9. The van der Waals surface area contributed by atoms with Gasteiger partial charge in [0.1, 0.15) is 12.1 Å². The van der Waals surface area contributed by atoms with Crippen LogP contribution in [0.3, 0.4) is 0 Å². The SMILES string of the molecule is CN(C)C(=C1C=C(C=O)C=C1C=O)N(C)C. The minimum Gasteiger partial charge on any atom is -0.364 e. The zero-order valence-electron chi connectivity index (χ0n) is 10.0. The smallest absolute Gasteiger partial charge is 0.150 e. The Bertz CT molecular complexity index is 391. The summed E-state index contributed by atoms with van der Waals surface area (Å²) in [7, 11) is 7.60. The van der Waals surface area contributed by atoms with E-state index in [-0.39, 0.29) is 0 Å². The normalized spacial score (nSPS) is 14.1. The Balaban J connectivity index is 3.33. The second-order valence-corrected chi connectivity index (χ2v) is 4.01. The van der Waals surface area contributed by atoms with E-state index in [9.17, 15) is 9.59 Å². The van der Waals surface area contributed by atoms with E-state index in [1.54, 1.807) is 12.2 Å². The van der Waals surface area contributed by atoms with E-state index < -0.39 is 0 Å². The zero-order valence-corrected chi connectivity index (χ0v) is 10.0. The molecule has 0 aromatic heterocycles. The lowest BCUT2D eigenvalue weighted by molar-refractivity contribution is -0.105. The Kier molecular flexibility index (Phi) is 3.66. The highest BCUT2D eigenvalue weighted by atomic mass is 16.1. The topological polar surface area (TPSA) is 40.6 Å². The number of carbonyl (C=O) groups excluding carboxylic acids is 2. The molecule has 1 aliphatic carbocycles. The summed E-state index contributed by atoms with van der Waals surface area (Å²) in [5.41, 5.74) is 1.85. The first-order chi connectivity index (χ1) is 7.51. The second-order valence-electron chi connectivity index (χ2n) is 4.01. The average Bonchev–Trinajstić information content (AvgIpc) is 2.60. The van der Waals surface area contributed by atoms with Crippen LogP contribution in [0.5, 0.6) is 0 Å². The number of hydrogen-bond acceptors (Lipinski definition) is 4. The van der Waals surface area contributed by atoms with Crippen molar-refractivity contribution in [3.63, 3.8) is 0 Å². The van der Waals surface area contributed by atoms with Crippen molar-refractivity contribution >= 4 is 12.6 Å². The molecular formula is C12H16N2O2. The second kappa shape index (κ2) is 4.79. The van der Waals surface area contributed by atoms with Gasteiger partial charge in [0.2, 0.25) is 0 Å². The Labute approximate surface area is 95.5 Å². The van der Waals surface area contributed by atoms with Crippen molar-refractivity contribution in [3.05, 3.63) is 34.7 Å². The van der Waals surface area contributed by atoms with E-state index in [0.717, 1.165) is 24.0 Å². The standard InChI is InChI=1S/C12H16N2O2/c1-13(2)12(14(3)4)11-6-9(7-15)5-10(11)8-16/h5-8H,1-4H3. The summed E-state index contributed by atoms with van der Waals surface area (Å²) in [6.07, 6.45) is 4.85. The average molecular weight is 220 g/mol. The molecule has 4 heteroatoms. The number of hydrogen-bond donors (Lipinski definition) is 0. The Morgan fingerprint density at radius 3 is 1.94 bits per heavy atom. The maximum atomic E-state index is 10.9. The summed E-state index contributed by atoms with van der Waals surface area (Å²) in [6.45, 7) is 0. The highest BCUT2D eigenvalue weighted by Gasteiger charge is 2.18. The molecule has 4 nitrogen and oxygen atoms in total. The largest absolute Gasteiger partial charge is 0.364 e.